The van der Waals surface area contributed by atoms with Crippen LogP contribution in [0, 0.1) is 30.3 Å². The van der Waals surface area contributed by atoms with E-state index in [1.54, 1.807) is 12.1 Å². The van der Waals surface area contributed by atoms with Crippen LogP contribution in [0.15, 0.2) is 24.3 Å². The van der Waals surface area contributed by atoms with Crippen LogP contribution in [0.2, 0.25) is 0 Å². The summed E-state index contributed by atoms with van der Waals surface area (Å²) in [6.45, 7) is 7.39. The highest BCUT2D eigenvalue weighted by Crippen LogP contribution is 2.42. The molecule has 0 aliphatic carbocycles. The van der Waals surface area contributed by atoms with E-state index in [1.807, 2.05) is 27.7 Å². The van der Waals surface area contributed by atoms with Crippen LogP contribution >= 0.6 is 0 Å². The summed E-state index contributed by atoms with van der Waals surface area (Å²) in [5.41, 5.74) is -1.41. The average Bonchev–Trinajstić information content (AvgIpc) is 2.61. The predicted molar refractivity (Wildman–Crippen MR) is 106 cm³/mol. The van der Waals surface area contributed by atoms with Crippen LogP contribution in [-0.4, -0.2) is 19.9 Å². The van der Waals surface area contributed by atoms with Crippen molar-refractivity contribution in [2.24, 2.45) is 0 Å². The predicted octanol–water partition coefficient (Wildman–Crippen LogP) is 5.11. The van der Waals surface area contributed by atoms with Gasteiger partial charge in [-0.15, -0.1) is 0 Å². The summed E-state index contributed by atoms with van der Waals surface area (Å²) in [5.74, 6) is -0.0830. The second-order valence-corrected chi connectivity index (χ2v) is 7.07. The maximum Gasteiger partial charge on any atom is 0.306 e. The lowest BCUT2D eigenvalue weighted by Crippen LogP contribution is -2.05. The second kappa shape index (κ2) is 8.09. The van der Waals surface area contributed by atoms with Gasteiger partial charge in [0.15, 0.2) is 5.69 Å². The number of non-ortho nitro benzene ring substituents is 1. The van der Waals surface area contributed by atoms with Gasteiger partial charge in [-0.05, 0) is 35.1 Å². The van der Waals surface area contributed by atoms with Gasteiger partial charge in [0.1, 0.15) is 5.75 Å². The van der Waals surface area contributed by atoms with E-state index in [-0.39, 0.29) is 23.3 Å². The lowest BCUT2D eigenvalue weighted by Gasteiger charge is -2.18. The van der Waals surface area contributed by atoms with Crippen molar-refractivity contribution in [2.45, 2.75) is 39.5 Å². The maximum atomic E-state index is 11.4. The van der Waals surface area contributed by atoms with Gasteiger partial charge in [-0.25, -0.2) is 0 Å². The number of nitrogens with one attached hydrogen (secondary N) is 1. The number of phenolic OH excluding ortho intramolecular Hbond substituents is 1. The van der Waals surface area contributed by atoms with Gasteiger partial charge < -0.3 is 10.4 Å². The number of aromatic hydroxyl groups is 1. The number of rotatable bonds is 7. The Balaban J connectivity index is 2.75. The summed E-state index contributed by atoms with van der Waals surface area (Å²) >= 11 is 0. The average molecular weight is 404 g/mol. The van der Waals surface area contributed by atoms with Gasteiger partial charge in [-0.1, -0.05) is 27.7 Å². The first-order valence-corrected chi connectivity index (χ1v) is 8.69. The number of hydrogen-bond acceptors (Lipinski definition) is 8. The minimum Gasteiger partial charge on any atom is -0.507 e. The molecule has 0 spiro atoms. The van der Waals surface area contributed by atoms with Gasteiger partial charge in [0.2, 0.25) is 0 Å². The van der Waals surface area contributed by atoms with Crippen LogP contribution in [-0.2, 0) is 0 Å². The molecule has 0 atom stereocenters. The molecular weight excluding hydrogens is 384 g/mol. The summed E-state index contributed by atoms with van der Waals surface area (Å²) in [4.78, 5) is 31.1. The third-order valence-corrected chi connectivity index (χ3v) is 4.37. The number of phenols is 1. The largest absolute Gasteiger partial charge is 0.507 e. The highest BCUT2D eigenvalue weighted by atomic mass is 16.6. The number of anilines is 2. The van der Waals surface area contributed by atoms with Crippen LogP contribution in [0.1, 0.15) is 50.7 Å². The maximum absolute atomic E-state index is 11.4. The Morgan fingerprint density at radius 3 is 1.52 bits per heavy atom. The molecular formula is C18H20N4O7. The van der Waals surface area contributed by atoms with E-state index in [1.165, 1.54) is 0 Å². The highest BCUT2D eigenvalue weighted by Gasteiger charge is 2.31. The van der Waals surface area contributed by atoms with E-state index < -0.39 is 37.5 Å². The van der Waals surface area contributed by atoms with Gasteiger partial charge >= 0.3 is 11.4 Å². The summed E-state index contributed by atoms with van der Waals surface area (Å²) in [6.07, 6.45) is 0. The Hall–Kier alpha value is -3.76. The third kappa shape index (κ3) is 4.39. The molecule has 0 saturated carbocycles. The second-order valence-electron chi connectivity index (χ2n) is 7.07. The fourth-order valence-corrected chi connectivity index (χ4v) is 2.90. The fraction of sp³-hybridized carbons (Fsp3) is 0.333. The van der Waals surface area contributed by atoms with E-state index in [0.29, 0.717) is 23.3 Å². The molecule has 0 bridgehead atoms. The van der Waals surface area contributed by atoms with E-state index >= 15 is 0 Å². The van der Waals surface area contributed by atoms with Crippen LogP contribution in [0.4, 0.5) is 28.4 Å². The van der Waals surface area contributed by atoms with Gasteiger partial charge in [0, 0.05) is 5.69 Å². The fourth-order valence-electron chi connectivity index (χ4n) is 2.90. The quantitative estimate of drug-likeness (QED) is 0.365. The first-order chi connectivity index (χ1) is 13.4. The number of nitrogens with zero attached hydrogens (tertiary/aromatic N) is 3. The summed E-state index contributed by atoms with van der Waals surface area (Å²) < 4.78 is 0. The molecule has 2 rings (SSSR count). The molecule has 0 heterocycles. The molecule has 2 aromatic rings. The molecule has 2 N–H and O–H groups in total. The van der Waals surface area contributed by atoms with Gasteiger partial charge in [0.25, 0.3) is 5.69 Å². The molecule has 0 saturated heterocycles. The van der Waals surface area contributed by atoms with E-state index in [4.69, 9.17) is 0 Å². The minimum atomic E-state index is -0.932. The SMILES string of the molecule is CC(C)c1cc(Nc2c([N+](=O)[O-])cc([N+](=O)[O-])cc2[N+](=O)[O-])cc(C(C)C)c1O. The lowest BCUT2D eigenvalue weighted by atomic mass is 9.93. The van der Waals surface area contributed by atoms with E-state index in [0.717, 1.165) is 0 Å². The minimum absolute atomic E-state index is 0.0870. The Morgan fingerprint density at radius 2 is 1.21 bits per heavy atom. The Morgan fingerprint density at radius 1 is 0.793 bits per heavy atom. The van der Waals surface area contributed by atoms with E-state index in [9.17, 15) is 35.4 Å². The molecule has 29 heavy (non-hydrogen) atoms. The lowest BCUT2D eigenvalue weighted by molar-refractivity contribution is -0.401. The van der Waals surface area contributed by atoms with Crippen molar-refractivity contribution in [1.82, 2.24) is 0 Å². The smallest absolute Gasteiger partial charge is 0.306 e. The van der Waals surface area contributed by atoms with Crippen molar-refractivity contribution < 1.29 is 19.9 Å². The van der Waals surface area contributed by atoms with Crippen molar-refractivity contribution in [1.29, 1.82) is 0 Å². The molecule has 0 amide bonds. The topological polar surface area (TPSA) is 162 Å². The molecule has 0 aromatic heterocycles. The number of nitro benzene ring substituents is 3. The molecule has 0 fully saturated rings. The number of hydrogen-bond donors (Lipinski definition) is 2. The monoisotopic (exact) mass is 404 g/mol. The molecule has 0 aliphatic heterocycles. The highest BCUT2D eigenvalue weighted by molar-refractivity contribution is 5.82. The Labute approximate surface area is 165 Å². The third-order valence-electron chi connectivity index (χ3n) is 4.37. The molecule has 2 aromatic carbocycles. The summed E-state index contributed by atoms with van der Waals surface area (Å²) in [6, 6.07) is 4.42. The van der Waals surface area contributed by atoms with Crippen molar-refractivity contribution in [2.75, 3.05) is 5.32 Å². The first kappa shape index (κ1) is 21.5. The van der Waals surface area contributed by atoms with Crippen molar-refractivity contribution in [3.05, 3.63) is 65.7 Å². The molecule has 0 aliphatic rings. The molecule has 0 unspecified atom stereocenters. The van der Waals surface area contributed by atoms with Gasteiger partial charge in [-0.2, -0.15) is 0 Å². The molecule has 154 valence electrons. The first-order valence-electron chi connectivity index (χ1n) is 8.69. The number of nitro groups is 3. The van der Waals surface area contributed by atoms with Gasteiger partial charge in [0.05, 0.1) is 26.9 Å². The van der Waals surface area contributed by atoms with Crippen LogP contribution in [0.3, 0.4) is 0 Å². The van der Waals surface area contributed by atoms with Gasteiger partial charge in [-0.3, -0.25) is 30.3 Å². The zero-order chi connectivity index (χ0) is 22.0. The zero-order valence-corrected chi connectivity index (χ0v) is 16.2. The molecule has 11 heteroatoms. The Bertz CT molecular complexity index is 938. The van der Waals surface area contributed by atoms with Crippen LogP contribution < -0.4 is 5.32 Å². The van der Waals surface area contributed by atoms with Crippen LogP contribution in [0.5, 0.6) is 5.75 Å². The number of benzene rings is 2. The van der Waals surface area contributed by atoms with E-state index in [2.05, 4.69) is 5.32 Å². The van der Waals surface area contributed by atoms with Crippen molar-refractivity contribution >= 4 is 28.4 Å². The zero-order valence-electron chi connectivity index (χ0n) is 16.2. The summed E-state index contributed by atoms with van der Waals surface area (Å²) in [5, 5.41) is 47.1. The Kier molecular flexibility index (Phi) is 6.01. The molecule has 0 radical (unpaired) electrons. The van der Waals surface area contributed by atoms with Crippen LogP contribution in [0.25, 0.3) is 0 Å². The van der Waals surface area contributed by atoms with Crippen molar-refractivity contribution in [3.8, 4) is 5.75 Å². The normalized spacial score (nSPS) is 11.0. The van der Waals surface area contributed by atoms with Crippen molar-refractivity contribution in [3.63, 3.8) is 0 Å². The summed E-state index contributed by atoms with van der Waals surface area (Å²) in [7, 11) is 0. The standard InChI is InChI=1S/C18H20N4O7/c1-9(2)13-5-11(6-14(10(3)4)18(13)23)19-17-15(21(26)27)7-12(20(24)25)8-16(17)22(28)29/h5-10,19,23H,1-4H3. The molecule has 11 nitrogen and oxygen atoms in total.